The summed E-state index contributed by atoms with van der Waals surface area (Å²) in [5, 5.41) is 16.8. The molecule has 0 amide bonds. The highest BCUT2D eigenvalue weighted by Crippen LogP contribution is 2.42. The van der Waals surface area contributed by atoms with Crippen LogP contribution in [-0.4, -0.2) is 19.0 Å². The van der Waals surface area contributed by atoms with Gasteiger partial charge in [-0.25, -0.2) is 0 Å². The third-order valence-corrected chi connectivity index (χ3v) is 7.45. The fourth-order valence-electron chi connectivity index (χ4n) is 5.57. The van der Waals surface area contributed by atoms with Gasteiger partial charge in [0.25, 0.3) is 0 Å². The molecule has 0 saturated heterocycles. The van der Waals surface area contributed by atoms with E-state index in [2.05, 4.69) is 128 Å². The molecule has 2 nitrogen and oxygen atoms in total. The minimum Gasteiger partial charge on any atom is -0.302 e. The van der Waals surface area contributed by atoms with E-state index in [-0.39, 0.29) is 23.0 Å². The molecule has 0 radical (unpaired) electrons. The van der Waals surface area contributed by atoms with Crippen molar-refractivity contribution < 1.29 is 0 Å². The molecule has 6 aromatic carbocycles. The van der Waals surface area contributed by atoms with Crippen LogP contribution < -0.4 is 0 Å². The lowest BCUT2D eigenvalue weighted by Gasteiger charge is -2.28. The maximum Gasteiger partial charge on any atom is 0.0991 e. The van der Waals surface area contributed by atoms with Crippen molar-refractivity contribution >= 4 is 49.3 Å². The Labute approximate surface area is 234 Å². The molecular formula is C35H29BrN2. The molecule has 0 spiro atoms. The van der Waals surface area contributed by atoms with E-state index in [9.17, 15) is 5.26 Å². The van der Waals surface area contributed by atoms with Gasteiger partial charge in [0.2, 0.25) is 0 Å². The van der Waals surface area contributed by atoms with Crippen molar-refractivity contribution in [2.45, 2.75) is 12.5 Å². The summed E-state index contributed by atoms with van der Waals surface area (Å²) in [4.78, 5) is 2.31. The zero-order chi connectivity index (χ0) is 25.4. The number of halogens is 1. The lowest BCUT2D eigenvalue weighted by Crippen LogP contribution is -2.22. The van der Waals surface area contributed by atoms with Crippen molar-refractivity contribution in [3.63, 3.8) is 0 Å². The topological polar surface area (TPSA) is 27.0 Å². The molecule has 0 bridgehead atoms. The summed E-state index contributed by atoms with van der Waals surface area (Å²) in [6.07, 6.45) is 0.862. The van der Waals surface area contributed by atoms with Crippen LogP contribution in [0, 0.1) is 11.3 Å². The number of hydrogen-bond donors (Lipinski definition) is 0. The summed E-state index contributed by atoms with van der Waals surface area (Å²) in [7, 11) is 4.31. The second kappa shape index (κ2) is 10.8. The molecule has 0 heterocycles. The number of nitriles is 1. The van der Waals surface area contributed by atoms with Gasteiger partial charge < -0.3 is 4.90 Å². The van der Waals surface area contributed by atoms with E-state index in [4.69, 9.17) is 0 Å². The molecule has 3 heteroatoms. The maximum atomic E-state index is 9.22. The number of rotatable bonds is 5. The van der Waals surface area contributed by atoms with E-state index < -0.39 is 0 Å². The SMILES string of the molecule is Br.CN(C)C(Cc1ccc(C#N)cc1)c1ccccc1-c1c2ccccc2cc2cc3ccccc3cc12. The van der Waals surface area contributed by atoms with Gasteiger partial charge in [-0.1, -0.05) is 84.9 Å². The molecular weight excluding hydrogens is 528 g/mol. The summed E-state index contributed by atoms with van der Waals surface area (Å²) in [6.45, 7) is 0. The Bertz CT molecular complexity index is 1790. The van der Waals surface area contributed by atoms with Gasteiger partial charge in [0.15, 0.2) is 0 Å². The van der Waals surface area contributed by atoms with Gasteiger partial charge in [-0.2, -0.15) is 5.26 Å². The monoisotopic (exact) mass is 556 g/mol. The van der Waals surface area contributed by atoms with Crippen LogP contribution in [0.15, 0.2) is 115 Å². The first-order chi connectivity index (χ1) is 18.1. The number of nitrogens with zero attached hydrogens (tertiary/aromatic N) is 2. The Morgan fingerprint density at radius 3 is 1.97 bits per heavy atom. The van der Waals surface area contributed by atoms with Gasteiger partial charge in [-0.15, -0.1) is 17.0 Å². The van der Waals surface area contributed by atoms with Crippen LogP contribution in [0.3, 0.4) is 0 Å². The van der Waals surface area contributed by atoms with Crippen LogP contribution in [-0.2, 0) is 6.42 Å². The first-order valence-electron chi connectivity index (χ1n) is 12.7. The summed E-state index contributed by atoms with van der Waals surface area (Å²) < 4.78 is 0. The lowest BCUT2D eigenvalue weighted by atomic mass is 9.85. The zero-order valence-corrected chi connectivity index (χ0v) is 23.3. The highest BCUT2D eigenvalue weighted by Gasteiger charge is 2.21. The van der Waals surface area contributed by atoms with Crippen LogP contribution in [0.1, 0.15) is 22.7 Å². The molecule has 0 aliphatic rings. The van der Waals surface area contributed by atoms with Crippen molar-refractivity contribution in [3.8, 4) is 17.2 Å². The van der Waals surface area contributed by atoms with Gasteiger partial charge in [-0.05, 0) is 105 Å². The normalized spacial score (nSPS) is 11.9. The van der Waals surface area contributed by atoms with Gasteiger partial charge in [0.05, 0.1) is 11.6 Å². The fraction of sp³-hybridized carbons (Fsp3) is 0.114. The van der Waals surface area contributed by atoms with E-state index >= 15 is 0 Å². The van der Waals surface area contributed by atoms with E-state index in [0.29, 0.717) is 5.56 Å². The summed E-state index contributed by atoms with van der Waals surface area (Å²) in [5.41, 5.74) is 5.79. The quantitative estimate of drug-likeness (QED) is 0.198. The van der Waals surface area contributed by atoms with E-state index in [1.54, 1.807) is 0 Å². The number of likely N-dealkylation sites (N-methyl/N-ethyl adjacent to an activating group) is 1. The number of fused-ring (bicyclic) bond motifs is 3. The van der Waals surface area contributed by atoms with Crippen LogP contribution in [0.5, 0.6) is 0 Å². The summed E-state index contributed by atoms with van der Waals surface area (Å²) in [6, 6.07) is 43.6. The Kier molecular flexibility index (Phi) is 7.29. The second-order valence-corrected chi connectivity index (χ2v) is 9.97. The summed E-state index contributed by atoms with van der Waals surface area (Å²) >= 11 is 0. The number of benzene rings is 6. The van der Waals surface area contributed by atoms with Gasteiger partial charge in [0, 0.05) is 6.04 Å². The average Bonchev–Trinajstić information content (AvgIpc) is 2.94. The molecule has 0 fully saturated rings. The van der Waals surface area contributed by atoms with Crippen LogP contribution in [0.4, 0.5) is 0 Å². The molecule has 1 unspecified atom stereocenters. The van der Waals surface area contributed by atoms with Crippen LogP contribution in [0.2, 0.25) is 0 Å². The molecule has 0 N–H and O–H groups in total. The summed E-state index contributed by atoms with van der Waals surface area (Å²) in [5.74, 6) is 0. The van der Waals surface area contributed by atoms with Crippen LogP contribution in [0.25, 0.3) is 43.4 Å². The van der Waals surface area contributed by atoms with E-state index in [0.717, 1.165) is 6.42 Å². The standard InChI is InChI=1S/C35H28N2.BrH/c1-37(2)34(19-24-15-17-25(23-36)18-16-24)31-13-7-8-14-32(31)35-30-12-6-5-11-28(30)21-29-20-26-9-3-4-10-27(26)22-33(29)35;/h3-18,20-22,34H,19H2,1-2H3;1H. The second-order valence-electron chi connectivity index (χ2n) is 9.97. The Morgan fingerprint density at radius 1 is 0.658 bits per heavy atom. The Morgan fingerprint density at radius 2 is 1.26 bits per heavy atom. The number of hydrogen-bond acceptors (Lipinski definition) is 2. The molecule has 6 rings (SSSR count). The smallest absolute Gasteiger partial charge is 0.0991 e. The maximum absolute atomic E-state index is 9.22. The zero-order valence-electron chi connectivity index (χ0n) is 21.6. The van der Waals surface area contributed by atoms with Gasteiger partial charge in [-0.3, -0.25) is 0 Å². The molecule has 0 aromatic heterocycles. The predicted molar refractivity (Wildman–Crippen MR) is 166 cm³/mol. The molecule has 38 heavy (non-hydrogen) atoms. The Balaban J connectivity index is 0.00000294. The van der Waals surface area contributed by atoms with Crippen LogP contribution >= 0.6 is 17.0 Å². The lowest BCUT2D eigenvalue weighted by molar-refractivity contribution is 0.298. The first kappa shape index (κ1) is 25.7. The Hall–Kier alpha value is -3.97. The largest absolute Gasteiger partial charge is 0.302 e. The van der Waals surface area contributed by atoms with Crippen molar-refractivity contribution in [2.24, 2.45) is 0 Å². The third-order valence-electron chi connectivity index (χ3n) is 7.45. The minimum absolute atomic E-state index is 0. The molecule has 186 valence electrons. The molecule has 0 aliphatic heterocycles. The minimum atomic E-state index is 0. The van der Waals surface area contributed by atoms with Crippen molar-refractivity contribution in [3.05, 3.63) is 132 Å². The van der Waals surface area contributed by atoms with Crippen molar-refractivity contribution in [1.29, 1.82) is 5.26 Å². The average molecular weight is 558 g/mol. The molecule has 0 aliphatic carbocycles. The van der Waals surface area contributed by atoms with Gasteiger partial charge >= 0.3 is 0 Å². The molecule has 1 atom stereocenters. The van der Waals surface area contributed by atoms with E-state index in [1.165, 1.54) is 54.6 Å². The van der Waals surface area contributed by atoms with Crippen molar-refractivity contribution in [1.82, 2.24) is 4.90 Å². The molecule has 0 saturated carbocycles. The molecule has 6 aromatic rings. The van der Waals surface area contributed by atoms with E-state index in [1.807, 2.05) is 12.1 Å². The third kappa shape index (κ3) is 4.70. The fourth-order valence-corrected chi connectivity index (χ4v) is 5.57. The predicted octanol–water partition coefficient (Wildman–Crippen LogP) is 9.11. The van der Waals surface area contributed by atoms with Crippen molar-refractivity contribution in [2.75, 3.05) is 14.1 Å². The highest BCUT2D eigenvalue weighted by atomic mass is 79.9. The first-order valence-corrected chi connectivity index (χ1v) is 12.7. The van der Waals surface area contributed by atoms with Gasteiger partial charge in [0.1, 0.15) is 0 Å². The highest BCUT2D eigenvalue weighted by molar-refractivity contribution is 8.93.